The fourth-order valence-corrected chi connectivity index (χ4v) is 2.72. The van der Waals surface area contributed by atoms with E-state index < -0.39 is 0 Å². The highest BCUT2D eigenvalue weighted by Gasteiger charge is 2.10. The van der Waals surface area contributed by atoms with Gasteiger partial charge in [0, 0.05) is 16.3 Å². The van der Waals surface area contributed by atoms with Gasteiger partial charge in [0.15, 0.2) is 6.29 Å². The number of halogens is 1. The average molecular weight is 257 g/mol. The van der Waals surface area contributed by atoms with Crippen LogP contribution in [0.4, 0.5) is 4.39 Å². The van der Waals surface area contributed by atoms with E-state index in [0.717, 1.165) is 16.0 Å². The second kappa shape index (κ2) is 4.31. The number of fused-ring (bicyclic) bond motifs is 1. The molecule has 0 aliphatic rings. The van der Waals surface area contributed by atoms with E-state index in [0.29, 0.717) is 17.4 Å². The van der Waals surface area contributed by atoms with Crippen LogP contribution in [0.3, 0.4) is 0 Å². The van der Waals surface area contributed by atoms with Crippen LogP contribution >= 0.6 is 11.3 Å². The molecule has 0 amide bonds. The van der Waals surface area contributed by atoms with Crippen molar-refractivity contribution in [3.8, 4) is 10.6 Å². The van der Waals surface area contributed by atoms with Crippen molar-refractivity contribution in [1.82, 2.24) is 4.98 Å². The molecule has 2 aromatic carbocycles. The summed E-state index contributed by atoms with van der Waals surface area (Å²) in [6.07, 6.45) is 0.714. The molecule has 0 radical (unpaired) electrons. The van der Waals surface area contributed by atoms with Crippen LogP contribution in [0.15, 0.2) is 41.8 Å². The summed E-state index contributed by atoms with van der Waals surface area (Å²) in [5.41, 5.74) is 1.26. The molecule has 0 N–H and O–H groups in total. The Hall–Kier alpha value is -2.07. The minimum absolute atomic E-state index is 0.249. The Morgan fingerprint density at radius 3 is 2.61 bits per heavy atom. The molecule has 0 fully saturated rings. The van der Waals surface area contributed by atoms with E-state index in [1.54, 1.807) is 23.6 Å². The van der Waals surface area contributed by atoms with Crippen LogP contribution in [0.1, 0.15) is 10.5 Å². The minimum atomic E-state index is -0.249. The number of nitrogens with zero attached hydrogens (tertiary/aromatic N) is 1. The molecule has 0 atom stereocenters. The molecule has 4 heteroatoms. The predicted molar refractivity (Wildman–Crippen MR) is 70.4 cm³/mol. The van der Waals surface area contributed by atoms with Gasteiger partial charge in [-0.05, 0) is 17.5 Å². The molecule has 0 saturated heterocycles. The number of aldehydes is 1. The SMILES string of the molecule is O=Cc1csc(-c2ccc(F)c3ccccc23)n1. The Labute approximate surface area is 107 Å². The summed E-state index contributed by atoms with van der Waals surface area (Å²) in [5.74, 6) is -0.249. The lowest BCUT2D eigenvalue weighted by atomic mass is 10.0. The van der Waals surface area contributed by atoms with Gasteiger partial charge in [-0.1, -0.05) is 24.3 Å². The van der Waals surface area contributed by atoms with Crippen LogP contribution in [0.2, 0.25) is 0 Å². The molecule has 2 nitrogen and oxygen atoms in total. The molecule has 3 aromatic rings. The fourth-order valence-electron chi connectivity index (χ4n) is 1.91. The first-order valence-electron chi connectivity index (χ1n) is 5.38. The molecule has 0 bridgehead atoms. The molecule has 88 valence electrons. The van der Waals surface area contributed by atoms with Crippen molar-refractivity contribution < 1.29 is 9.18 Å². The van der Waals surface area contributed by atoms with Gasteiger partial charge in [0.25, 0.3) is 0 Å². The zero-order valence-corrected chi connectivity index (χ0v) is 10.1. The number of benzene rings is 2. The van der Waals surface area contributed by atoms with Gasteiger partial charge < -0.3 is 0 Å². The number of aromatic nitrogens is 1. The first-order chi connectivity index (χ1) is 8.79. The van der Waals surface area contributed by atoms with E-state index >= 15 is 0 Å². The van der Waals surface area contributed by atoms with Gasteiger partial charge in [-0.15, -0.1) is 11.3 Å². The summed E-state index contributed by atoms with van der Waals surface area (Å²) in [4.78, 5) is 14.9. The Morgan fingerprint density at radius 2 is 1.89 bits per heavy atom. The van der Waals surface area contributed by atoms with Crippen LogP contribution < -0.4 is 0 Å². The van der Waals surface area contributed by atoms with Gasteiger partial charge in [-0.3, -0.25) is 4.79 Å². The number of thiazole rings is 1. The third-order valence-corrected chi connectivity index (χ3v) is 3.64. The molecular weight excluding hydrogens is 249 g/mol. The lowest BCUT2D eigenvalue weighted by molar-refractivity contribution is 0.111. The summed E-state index contributed by atoms with van der Waals surface area (Å²) < 4.78 is 13.7. The van der Waals surface area contributed by atoms with Crippen LogP contribution in [0.25, 0.3) is 21.3 Å². The minimum Gasteiger partial charge on any atom is -0.296 e. The molecule has 1 aromatic heterocycles. The van der Waals surface area contributed by atoms with E-state index in [1.807, 2.05) is 12.1 Å². The van der Waals surface area contributed by atoms with E-state index in [4.69, 9.17) is 0 Å². The van der Waals surface area contributed by atoms with Crippen molar-refractivity contribution in [3.63, 3.8) is 0 Å². The quantitative estimate of drug-likeness (QED) is 0.651. The average Bonchev–Trinajstić information content (AvgIpc) is 2.88. The molecule has 0 aliphatic heterocycles. The topological polar surface area (TPSA) is 30.0 Å². The Kier molecular flexibility index (Phi) is 2.64. The van der Waals surface area contributed by atoms with Gasteiger partial charge in [0.05, 0.1) is 0 Å². The molecule has 0 aliphatic carbocycles. The molecule has 0 unspecified atom stereocenters. The first-order valence-corrected chi connectivity index (χ1v) is 6.26. The van der Waals surface area contributed by atoms with Crippen LogP contribution in [0, 0.1) is 5.82 Å². The van der Waals surface area contributed by atoms with E-state index in [-0.39, 0.29) is 5.82 Å². The highest BCUT2D eigenvalue weighted by Crippen LogP contribution is 2.31. The van der Waals surface area contributed by atoms with Gasteiger partial charge >= 0.3 is 0 Å². The normalized spacial score (nSPS) is 10.7. The number of carbonyl (C=O) groups is 1. The van der Waals surface area contributed by atoms with Crippen molar-refractivity contribution in [2.45, 2.75) is 0 Å². The van der Waals surface area contributed by atoms with Gasteiger partial charge in [-0.25, -0.2) is 9.37 Å². The summed E-state index contributed by atoms with van der Waals surface area (Å²) in [6, 6.07) is 10.4. The highest BCUT2D eigenvalue weighted by atomic mass is 32.1. The number of carbonyl (C=O) groups excluding carboxylic acids is 1. The van der Waals surface area contributed by atoms with Gasteiger partial charge in [0.1, 0.15) is 16.5 Å². The summed E-state index contributed by atoms with van der Waals surface area (Å²) in [5, 5.41) is 3.80. The standard InChI is InChI=1S/C14H8FNOS/c15-13-6-5-12(10-3-1-2-4-11(10)13)14-16-9(7-17)8-18-14/h1-8H. The maximum Gasteiger partial charge on any atom is 0.169 e. The van der Waals surface area contributed by atoms with E-state index in [2.05, 4.69) is 4.98 Å². The summed E-state index contributed by atoms with van der Waals surface area (Å²) >= 11 is 1.38. The molecule has 18 heavy (non-hydrogen) atoms. The van der Waals surface area contributed by atoms with Crippen LogP contribution in [-0.4, -0.2) is 11.3 Å². The Bertz CT molecular complexity index is 735. The number of hydrogen-bond donors (Lipinski definition) is 0. The number of rotatable bonds is 2. The molecular formula is C14H8FNOS. The fraction of sp³-hybridized carbons (Fsp3) is 0. The van der Waals surface area contributed by atoms with Gasteiger partial charge in [0.2, 0.25) is 0 Å². The highest BCUT2D eigenvalue weighted by molar-refractivity contribution is 7.13. The third-order valence-electron chi connectivity index (χ3n) is 2.74. The van der Waals surface area contributed by atoms with Crippen molar-refractivity contribution in [2.75, 3.05) is 0 Å². The summed E-state index contributed by atoms with van der Waals surface area (Å²) in [6.45, 7) is 0. The lowest BCUT2D eigenvalue weighted by Crippen LogP contribution is -1.85. The number of hydrogen-bond acceptors (Lipinski definition) is 3. The first kappa shape index (κ1) is 11.0. The monoisotopic (exact) mass is 257 g/mol. The smallest absolute Gasteiger partial charge is 0.169 e. The maximum absolute atomic E-state index is 13.7. The lowest BCUT2D eigenvalue weighted by Gasteiger charge is -2.04. The largest absolute Gasteiger partial charge is 0.296 e. The van der Waals surface area contributed by atoms with Crippen LogP contribution in [-0.2, 0) is 0 Å². The van der Waals surface area contributed by atoms with Crippen molar-refractivity contribution >= 4 is 28.4 Å². The van der Waals surface area contributed by atoms with Gasteiger partial charge in [-0.2, -0.15) is 0 Å². The zero-order chi connectivity index (χ0) is 12.5. The Balaban J connectivity index is 2.29. The van der Waals surface area contributed by atoms with Crippen molar-refractivity contribution in [2.24, 2.45) is 0 Å². The third kappa shape index (κ3) is 1.71. The Morgan fingerprint density at radius 1 is 1.11 bits per heavy atom. The second-order valence-corrected chi connectivity index (χ2v) is 4.69. The van der Waals surface area contributed by atoms with Crippen molar-refractivity contribution in [3.05, 3.63) is 53.3 Å². The molecule has 0 spiro atoms. The predicted octanol–water partition coefficient (Wildman–Crippen LogP) is 3.91. The zero-order valence-electron chi connectivity index (χ0n) is 9.26. The van der Waals surface area contributed by atoms with E-state index in [1.165, 1.54) is 17.4 Å². The molecule has 1 heterocycles. The second-order valence-electron chi connectivity index (χ2n) is 3.84. The van der Waals surface area contributed by atoms with E-state index in [9.17, 15) is 9.18 Å². The van der Waals surface area contributed by atoms with Crippen LogP contribution in [0.5, 0.6) is 0 Å². The van der Waals surface area contributed by atoms with Crippen molar-refractivity contribution in [1.29, 1.82) is 0 Å². The maximum atomic E-state index is 13.7. The molecule has 3 rings (SSSR count). The molecule has 0 saturated carbocycles. The summed E-state index contributed by atoms with van der Waals surface area (Å²) in [7, 11) is 0.